The largest absolute Gasteiger partial charge is 0.325 e. The molecule has 3 nitrogen and oxygen atoms in total. The molecule has 1 aliphatic rings. The molecule has 1 atom stereocenters. The van der Waals surface area contributed by atoms with Crippen molar-refractivity contribution in [2.45, 2.75) is 58.5 Å². The predicted octanol–water partition coefficient (Wildman–Crippen LogP) is 3.57. The first-order valence-corrected chi connectivity index (χ1v) is 7.58. The Hall–Kier alpha value is -1.35. The minimum atomic E-state index is -0.151. The molecule has 0 bridgehead atoms. The molecule has 1 amide bonds. The van der Waals surface area contributed by atoms with Crippen molar-refractivity contribution in [2.75, 3.05) is 5.32 Å². The first kappa shape index (κ1) is 15.0. The molecule has 0 heterocycles. The Bertz CT molecular complexity index is 432. The molecular formula is C17H26N2O. The molecule has 1 unspecified atom stereocenters. The van der Waals surface area contributed by atoms with E-state index in [2.05, 4.69) is 24.5 Å². The molecule has 0 spiro atoms. The van der Waals surface area contributed by atoms with Crippen LogP contribution in [0.25, 0.3) is 0 Å². The Labute approximate surface area is 122 Å². The van der Waals surface area contributed by atoms with E-state index >= 15 is 0 Å². The molecule has 1 aliphatic carbocycles. The Morgan fingerprint density at radius 3 is 2.40 bits per heavy atom. The van der Waals surface area contributed by atoms with Crippen LogP contribution in [0.2, 0.25) is 0 Å². The van der Waals surface area contributed by atoms with Crippen LogP contribution >= 0.6 is 0 Å². The number of anilines is 1. The zero-order valence-electron chi connectivity index (χ0n) is 12.8. The normalized spacial score (nSPS) is 20.4. The van der Waals surface area contributed by atoms with Gasteiger partial charge in [-0.25, -0.2) is 0 Å². The number of carbonyl (C=O) groups excluding carboxylic acids is 1. The SMILES string of the molecule is CC(NC1CCC(C)(C)CC1)C(=O)Nc1ccccc1. The molecule has 0 aromatic heterocycles. The molecule has 0 saturated heterocycles. The van der Waals surface area contributed by atoms with Crippen LogP contribution in [0.3, 0.4) is 0 Å². The fraction of sp³-hybridized carbons (Fsp3) is 0.588. The summed E-state index contributed by atoms with van der Waals surface area (Å²) in [7, 11) is 0. The summed E-state index contributed by atoms with van der Waals surface area (Å²) in [5, 5.41) is 6.41. The number of benzene rings is 1. The monoisotopic (exact) mass is 274 g/mol. The van der Waals surface area contributed by atoms with Crippen molar-refractivity contribution in [2.24, 2.45) is 5.41 Å². The van der Waals surface area contributed by atoms with E-state index < -0.39 is 0 Å². The average Bonchev–Trinajstić information content (AvgIpc) is 2.42. The number of hydrogen-bond acceptors (Lipinski definition) is 2. The smallest absolute Gasteiger partial charge is 0.241 e. The lowest BCUT2D eigenvalue weighted by atomic mass is 9.75. The summed E-state index contributed by atoms with van der Waals surface area (Å²) in [6.45, 7) is 6.60. The van der Waals surface area contributed by atoms with Crippen LogP contribution in [0.15, 0.2) is 30.3 Å². The average molecular weight is 274 g/mol. The molecule has 2 N–H and O–H groups in total. The molecule has 3 heteroatoms. The third-order valence-electron chi connectivity index (χ3n) is 4.26. The van der Waals surface area contributed by atoms with Crippen LogP contribution in [0.4, 0.5) is 5.69 Å². The van der Waals surface area contributed by atoms with Gasteiger partial charge in [0.1, 0.15) is 0 Å². The van der Waals surface area contributed by atoms with Crippen molar-refractivity contribution >= 4 is 11.6 Å². The van der Waals surface area contributed by atoms with Crippen molar-refractivity contribution < 1.29 is 4.79 Å². The van der Waals surface area contributed by atoms with Crippen molar-refractivity contribution in [3.63, 3.8) is 0 Å². The summed E-state index contributed by atoms with van der Waals surface area (Å²) in [6.07, 6.45) is 4.79. The van der Waals surface area contributed by atoms with Gasteiger partial charge >= 0.3 is 0 Å². The first-order chi connectivity index (χ1) is 9.46. The zero-order chi connectivity index (χ0) is 14.6. The summed E-state index contributed by atoms with van der Waals surface area (Å²) in [5.41, 5.74) is 1.32. The van der Waals surface area contributed by atoms with E-state index in [1.54, 1.807) is 0 Å². The molecule has 1 aromatic carbocycles. The fourth-order valence-electron chi connectivity index (χ4n) is 2.77. The lowest BCUT2D eigenvalue weighted by molar-refractivity contribution is -0.118. The summed E-state index contributed by atoms with van der Waals surface area (Å²) in [6, 6.07) is 9.94. The van der Waals surface area contributed by atoms with E-state index in [0.29, 0.717) is 11.5 Å². The van der Waals surface area contributed by atoms with Crippen LogP contribution in [0.5, 0.6) is 0 Å². The minimum Gasteiger partial charge on any atom is -0.325 e. The van der Waals surface area contributed by atoms with Gasteiger partial charge in [0.2, 0.25) is 5.91 Å². The van der Waals surface area contributed by atoms with Gasteiger partial charge in [-0.2, -0.15) is 0 Å². The van der Waals surface area contributed by atoms with Gasteiger partial charge in [0.15, 0.2) is 0 Å². The lowest BCUT2D eigenvalue weighted by Crippen LogP contribution is -2.46. The third-order valence-corrected chi connectivity index (χ3v) is 4.26. The van der Waals surface area contributed by atoms with Crippen LogP contribution < -0.4 is 10.6 Å². The van der Waals surface area contributed by atoms with Crippen LogP contribution in [-0.4, -0.2) is 18.0 Å². The molecular weight excluding hydrogens is 248 g/mol. The van der Waals surface area contributed by atoms with Gasteiger partial charge in [-0.3, -0.25) is 4.79 Å². The maximum atomic E-state index is 12.1. The number of nitrogens with one attached hydrogen (secondary N) is 2. The van der Waals surface area contributed by atoms with E-state index in [0.717, 1.165) is 18.5 Å². The van der Waals surface area contributed by atoms with Crippen LogP contribution in [0, 0.1) is 5.41 Å². The number of carbonyl (C=O) groups is 1. The van der Waals surface area contributed by atoms with Gasteiger partial charge in [0.25, 0.3) is 0 Å². The molecule has 0 radical (unpaired) electrons. The number of para-hydroxylation sites is 1. The second-order valence-corrected chi connectivity index (χ2v) is 6.68. The summed E-state index contributed by atoms with van der Waals surface area (Å²) < 4.78 is 0. The van der Waals surface area contributed by atoms with Gasteiger partial charge in [-0.05, 0) is 50.2 Å². The van der Waals surface area contributed by atoms with Crippen LogP contribution in [0.1, 0.15) is 46.5 Å². The highest BCUT2D eigenvalue weighted by molar-refractivity contribution is 5.94. The number of hydrogen-bond donors (Lipinski definition) is 2. The van der Waals surface area contributed by atoms with Crippen molar-refractivity contribution in [1.82, 2.24) is 5.32 Å². The Morgan fingerprint density at radius 1 is 1.20 bits per heavy atom. The number of amides is 1. The van der Waals surface area contributed by atoms with Crippen molar-refractivity contribution in [3.05, 3.63) is 30.3 Å². The van der Waals surface area contributed by atoms with Gasteiger partial charge in [0.05, 0.1) is 6.04 Å². The third kappa shape index (κ3) is 4.34. The Balaban J connectivity index is 1.80. The summed E-state index contributed by atoms with van der Waals surface area (Å²) in [4.78, 5) is 12.1. The molecule has 20 heavy (non-hydrogen) atoms. The molecule has 2 rings (SSSR count). The Morgan fingerprint density at radius 2 is 1.80 bits per heavy atom. The van der Waals surface area contributed by atoms with E-state index in [-0.39, 0.29) is 11.9 Å². The first-order valence-electron chi connectivity index (χ1n) is 7.58. The number of rotatable bonds is 4. The second-order valence-electron chi connectivity index (χ2n) is 6.68. The van der Waals surface area contributed by atoms with E-state index in [4.69, 9.17) is 0 Å². The lowest BCUT2D eigenvalue weighted by Gasteiger charge is -2.35. The molecule has 1 aromatic rings. The molecule has 0 aliphatic heterocycles. The van der Waals surface area contributed by atoms with Gasteiger partial charge in [-0.15, -0.1) is 0 Å². The van der Waals surface area contributed by atoms with Crippen molar-refractivity contribution in [1.29, 1.82) is 0 Å². The molecule has 1 fully saturated rings. The van der Waals surface area contributed by atoms with Crippen molar-refractivity contribution in [3.8, 4) is 0 Å². The maximum absolute atomic E-state index is 12.1. The van der Waals surface area contributed by atoms with Gasteiger partial charge in [0, 0.05) is 11.7 Å². The van der Waals surface area contributed by atoms with Crippen LogP contribution in [-0.2, 0) is 4.79 Å². The van der Waals surface area contributed by atoms with Gasteiger partial charge < -0.3 is 10.6 Å². The quantitative estimate of drug-likeness (QED) is 0.881. The molecule has 1 saturated carbocycles. The highest BCUT2D eigenvalue weighted by Gasteiger charge is 2.28. The second kappa shape index (κ2) is 6.40. The highest BCUT2D eigenvalue weighted by Crippen LogP contribution is 2.35. The standard InChI is InChI=1S/C17H26N2O/c1-13(16(20)19-14-7-5-4-6-8-14)18-15-9-11-17(2,3)12-10-15/h4-8,13,15,18H,9-12H2,1-3H3,(H,19,20). The van der Waals surface area contributed by atoms with E-state index in [1.165, 1.54) is 12.8 Å². The molecule has 110 valence electrons. The Kier molecular flexibility index (Phi) is 4.81. The zero-order valence-corrected chi connectivity index (χ0v) is 12.8. The summed E-state index contributed by atoms with van der Waals surface area (Å²) >= 11 is 0. The van der Waals surface area contributed by atoms with E-state index in [1.807, 2.05) is 37.3 Å². The van der Waals surface area contributed by atoms with Gasteiger partial charge in [-0.1, -0.05) is 32.0 Å². The predicted molar refractivity (Wildman–Crippen MR) is 83.7 cm³/mol. The van der Waals surface area contributed by atoms with E-state index in [9.17, 15) is 4.79 Å². The minimum absolute atomic E-state index is 0.0426. The highest BCUT2D eigenvalue weighted by atomic mass is 16.2. The maximum Gasteiger partial charge on any atom is 0.241 e. The fourth-order valence-corrected chi connectivity index (χ4v) is 2.77. The summed E-state index contributed by atoms with van der Waals surface area (Å²) in [5.74, 6) is 0.0426. The topological polar surface area (TPSA) is 41.1 Å².